The van der Waals surface area contributed by atoms with E-state index in [1.807, 2.05) is 48.7 Å². The molecule has 1 heterocycles. The van der Waals surface area contributed by atoms with Crippen LogP contribution >= 0.6 is 35.7 Å². The number of fused-ring (bicyclic) bond motifs is 1. The zero-order chi connectivity index (χ0) is 18.7. The summed E-state index contributed by atoms with van der Waals surface area (Å²) in [5.74, 6) is -1.04. The van der Waals surface area contributed by atoms with Gasteiger partial charge in [-0.2, -0.15) is 11.8 Å². The highest BCUT2D eigenvalue weighted by molar-refractivity contribution is 8.26. The molecule has 0 bridgehead atoms. The molecule has 1 saturated heterocycles. The fourth-order valence-corrected chi connectivity index (χ4v) is 4.65. The highest BCUT2D eigenvalue weighted by Gasteiger charge is 2.37. The number of rotatable bonds is 6. The summed E-state index contributed by atoms with van der Waals surface area (Å²) in [7, 11) is 0. The Morgan fingerprint density at radius 2 is 2.04 bits per heavy atom. The first-order valence-corrected chi connectivity index (χ1v) is 10.6. The molecular weight excluding hydrogens is 386 g/mol. The van der Waals surface area contributed by atoms with Gasteiger partial charge in [-0.1, -0.05) is 66.4 Å². The van der Waals surface area contributed by atoms with Crippen LogP contribution in [0.3, 0.4) is 0 Å². The fourth-order valence-electron chi connectivity index (χ4n) is 2.85. The molecular formula is C19H16NO3S3-. The van der Waals surface area contributed by atoms with Crippen LogP contribution in [0.15, 0.2) is 47.4 Å². The van der Waals surface area contributed by atoms with Crippen LogP contribution in [-0.4, -0.2) is 39.1 Å². The van der Waals surface area contributed by atoms with Gasteiger partial charge in [0.25, 0.3) is 5.91 Å². The number of aliphatic carboxylic acids is 1. The second kappa shape index (κ2) is 8.24. The average molecular weight is 403 g/mol. The van der Waals surface area contributed by atoms with E-state index in [4.69, 9.17) is 12.2 Å². The van der Waals surface area contributed by atoms with E-state index in [0.29, 0.717) is 17.1 Å². The first-order valence-electron chi connectivity index (χ1n) is 7.97. The molecule has 1 aliphatic rings. The van der Waals surface area contributed by atoms with Crippen molar-refractivity contribution in [3.05, 3.63) is 52.9 Å². The lowest BCUT2D eigenvalue weighted by molar-refractivity contribution is -0.310. The summed E-state index contributed by atoms with van der Waals surface area (Å²) in [6.07, 6.45) is 3.97. The molecule has 0 spiro atoms. The molecule has 0 N–H and O–H groups in total. The van der Waals surface area contributed by atoms with Crippen LogP contribution < -0.4 is 5.11 Å². The fraction of sp³-hybridized carbons (Fsp3) is 0.211. The normalized spacial score (nSPS) is 17.3. The number of benzene rings is 2. The molecule has 0 radical (unpaired) electrons. The smallest absolute Gasteiger partial charge is 0.266 e. The number of thiocarbonyl (C=S) groups is 1. The first kappa shape index (κ1) is 18.9. The van der Waals surface area contributed by atoms with Gasteiger partial charge in [0, 0.05) is 0 Å². The van der Waals surface area contributed by atoms with Crippen LogP contribution in [0.25, 0.3) is 16.8 Å². The van der Waals surface area contributed by atoms with Crippen LogP contribution in [0, 0.1) is 0 Å². The lowest BCUT2D eigenvalue weighted by Crippen LogP contribution is -2.50. The van der Waals surface area contributed by atoms with Crippen molar-refractivity contribution >= 4 is 68.8 Å². The number of amides is 1. The standard InChI is InChI=1S/C19H17NO3S3/c1-25-10-9-15(18(22)23)20-17(21)16(26-19(20)24)11-13-7-4-6-12-5-2-3-8-14(12)13/h2-8,11,15H,9-10H2,1H3,(H,22,23)/p-1/b16-11+/t15-/m0/s1. The molecule has 0 aromatic heterocycles. The van der Waals surface area contributed by atoms with Gasteiger partial charge in [-0.3, -0.25) is 9.69 Å². The summed E-state index contributed by atoms with van der Waals surface area (Å²) in [5, 5.41) is 13.6. The van der Waals surface area contributed by atoms with Crippen molar-refractivity contribution in [2.24, 2.45) is 0 Å². The largest absolute Gasteiger partial charge is 0.548 e. The minimum Gasteiger partial charge on any atom is -0.548 e. The lowest BCUT2D eigenvalue weighted by atomic mass is 10.0. The van der Waals surface area contributed by atoms with E-state index < -0.39 is 12.0 Å². The minimum atomic E-state index is -1.28. The zero-order valence-corrected chi connectivity index (χ0v) is 16.5. The number of carbonyl (C=O) groups excluding carboxylic acids is 2. The van der Waals surface area contributed by atoms with E-state index in [2.05, 4.69) is 0 Å². The van der Waals surface area contributed by atoms with Gasteiger partial charge in [-0.15, -0.1) is 0 Å². The van der Waals surface area contributed by atoms with Gasteiger partial charge in [0.15, 0.2) is 0 Å². The Kier molecular flexibility index (Phi) is 6.01. The predicted molar refractivity (Wildman–Crippen MR) is 111 cm³/mol. The summed E-state index contributed by atoms with van der Waals surface area (Å²) >= 11 is 7.94. The molecule has 2 aromatic rings. The highest BCUT2D eigenvalue weighted by Crippen LogP contribution is 2.35. The zero-order valence-electron chi connectivity index (χ0n) is 14.0. The number of hydrogen-bond donors (Lipinski definition) is 0. The number of thioether (sulfide) groups is 2. The summed E-state index contributed by atoms with van der Waals surface area (Å²) in [5.41, 5.74) is 0.901. The molecule has 2 aromatic carbocycles. The van der Waals surface area contributed by atoms with Gasteiger partial charge in [-0.25, -0.2) is 0 Å². The lowest BCUT2D eigenvalue weighted by Gasteiger charge is -2.27. The van der Waals surface area contributed by atoms with E-state index >= 15 is 0 Å². The Bertz CT molecular complexity index is 905. The van der Waals surface area contributed by atoms with Crippen molar-refractivity contribution in [3.63, 3.8) is 0 Å². The van der Waals surface area contributed by atoms with E-state index in [1.54, 1.807) is 6.08 Å². The molecule has 26 heavy (non-hydrogen) atoms. The average Bonchev–Trinajstić information content (AvgIpc) is 2.90. The Labute approximate surface area is 165 Å². The van der Waals surface area contributed by atoms with E-state index in [0.717, 1.165) is 28.1 Å². The van der Waals surface area contributed by atoms with Gasteiger partial charge in [-0.05, 0) is 40.8 Å². The molecule has 1 atom stereocenters. The Morgan fingerprint density at radius 1 is 1.31 bits per heavy atom. The molecule has 0 saturated carbocycles. The molecule has 0 unspecified atom stereocenters. The van der Waals surface area contributed by atoms with E-state index in [9.17, 15) is 14.7 Å². The highest BCUT2D eigenvalue weighted by atomic mass is 32.2. The van der Waals surface area contributed by atoms with Gasteiger partial charge in [0.1, 0.15) is 4.32 Å². The van der Waals surface area contributed by atoms with Crippen molar-refractivity contribution in [3.8, 4) is 0 Å². The molecule has 1 fully saturated rings. The number of carbonyl (C=O) groups is 2. The maximum atomic E-state index is 12.8. The third-order valence-electron chi connectivity index (χ3n) is 4.11. The number of carboxylic acids is 1. The molecule has 4 nitrogen and oxygen atoms in total. The quantitative estimate of drug-likeness (QED) is 0.547. The third-order valence-corrected chi connectivity index (χ3v) is 6.09. The second-order valence-electron chi connectivity index (χ2n) is 5.74. The maximum absolute atomic E-state index is 12.8. The second-order valence-corrected chi connectivity index (χ2v) is 8.40. The predicted octanol–water partition coefficient (Wildman–Crippen LogP) is 2.91. The van der Waals surface area contributed by atoms with Gasteiger partial charge in [0.05, 0.1) is 16.9 Å². The SMILES string of the molecule is CSCC[C@@H](C(=O)[O-])N1C(=O)/C(=C\c2cccc3ccccc23)SC1=S. The molecule has 1 amide bonds. The Morgan fingerprint density at radius 3 is 2.77 bits per heavy atom. The van der Waals surface area contributed by atoms with Crippen molar-refractivity contribution in [2.75, 3.05) is 12.0 Å². The van der Waals surface area contributed by atoms with Gasteiger partial charge in [0.2, 0.25) is 0 Å². The summed E-state index contributed by atoms with van der Waals surface area (Å²) in [6, 6.07) is 12.7. The first-order chi connectivity index (χ1) is 12.5. The Hall–Kier alpha value is -1.83. The molecule has 1 aliphatic heterocycles. The van der Waals surface area contributed by atoms with Crippen LogP contribution in [0.1, 0.15) is 12.0 Å². The minimum absolute atomic E-state index is 0.261. The van der Waals surface area contributed by atoms with Crippen molar-refractivity contribution in [2.45, 2.75) is 12.5 Å². The number of hydrogen-bond acceptors (Lipinski definition) is 6. The molecule has 134 valence electrons. The van der Waals surface area contributed by atoms with Crippen molar-refractivity contribution in [1.82, 2.24) is 4.90 Å². The van der Waals surface area contributed by atoms with Gasteiger partial charge >= 0.3 is 0 Å². The van der Waals surface area contributed by atoms with Gasteiger partial charge < -0.3 is 9.90 Å². The van der Waals surface area contributed by atoms with Crippen molar-refractivity contribution in [1.29, 1.82) is 0 Å². The van der Waals surface area contributed by atoms with Crippen LogP contribution in [-0.2, 0) is 9.59 Å². The molecule has 3 rings (SSSR count). The summed E-state index contributed by atoms with van der Waals surface area (Å²) in [6.45, 7) is 0. The van der Waals surface area contributed by atoms with Crippen molar-refractivity contribution < 1.29 is 14.7 Å². The number of nitrogens with zero attached hydrogens (tertiary/aromatic N) is 1. The van der Waals surface area contributed by atoms with E-state index in [1.165, 1.54) is 16.7 Å². The molecule has 7 heteroatoms. The summed E-state index contributed by atoms with van der Waals surface area (Å²) in [4.78, 5) is 26.0. The Balaban J connectivity index is 1.95. The maximum Gasteiger partial charge on any atom is 0.266 e. The topological polar surface area (TPSA) is 60.4 Å². The van der Waals surface area contributed by atoms with Crippen LogP contribution in [0.2, 0.25) is 0 Å². The van der Waals surface area contributed by atoms with Crippen LogP contribution in [0.4, 0.5) is 0 Å². The summed E-state index contributed by atoms with van der Waals surface area (Å²) < 4.78 is 0.261. The monoisotopic (exact) mass is 402 g/mol. The molecule has 0 aliphatic carbocycles. The van der Waals surface area contributed by atoms with Crippen LogP contribution in [0.5, 0.6) is 0 Å². The third kappa shape index (κ3) is 3.79. The number of carboxylic acid groups (broad SMARTS) is 1. The van der Waals surface area contributed by atoms with E-state index in [-0.39, 0.29) is 10.2 Å².